The molecule has 2 fully saturated rings. The average molecular weight is 450 g/mol. The van der Waals surface area contributed by atoms with Crippen LogP contribution < -0.4 is 4.74 Å². The monoisotopic (exact) mass is 450 g/mol. The van der Waals surface area contributed by atoms with E-state index >= 15 is 0 Å². The van der Waals surface area contributed by atoms with Gasteiger partial charge in [0.25, 0.3) is 0 Å². The molecule has 1 aromatic carbocycles. The standard InChI is InChI=1S/C23H25F3N2O4/c24-23(25,26)16-6-4-15(5-7-16)11-21(29)28-10-2-1-3-19(28)22(30)18-12-27-9-8-20(18)32-17-13-31-14-17/h4-9,12,17,19,22,30H,1-3,10-11,13-14H2/t19-,22?/m1/s1. The van der Waals surface area contributed by atoms with Crippen molar-refractivity contribution in [1.82, 2.24) is 9.88 Å². The number of alkyl halides is 3. The minimum Gasteiger partial charge on any atom is -0.485 e. The fourth-order valence-corrected chi connectivity index (χ4v) is 4.08. The van der Waals surface area contributed by atoms with Gasteiger partial charge in [0, 0.05) is 24.5 Å². The van der Waals surface area contributed by atoms with E-state index in [-0.39, 0.29) is 18.4 Å². The third-order valence-electron chi connectivity index (χ3n) is 5.90. The summed E-state index contributed by atoms with van der Waals surface area (Å²) in [6.07, 6.45) is -0.107. The summed E-state index contributed by atoms with van der Waals surface area (Å²) in [5, 5.41) is 11.2. The van der Waals surface area contributed by atoms with E-state index in [1.54, 1.807) is 23.4 Å². The molecule has 2 aliphatic heterocycles. The van der Waals surface area contributed by atoms with Gasteiger partial charge in [-0.3, -0.25) is 9.78 Å². The van der Waals surface area contributed by atoms with Crippen LogP contribution in [0.4, 0.5) is 13.2 Å². The van der Waals surface area contributed by atoms with Gasteiger partial charge in [0.2, 0.25) is 5.91 Å². The number of likely N-dealkylation sites (tertiary alicyclic amines) is 1. The second-order valence-corrected chi connectivity index (χ2v) is 8.16. The molecule has 0 saturated carbocycles. The molecular weight excluding hydrogens is 425 g/mol. The van der Waals surface area contributed by atoms with Crippen LogP contribution in [-0.4, -0.2) is 52.8 Å². The lowest BCUT2D eigenvalue weighted by Crippen LogP contribution is -2.47. The molecule has 1 unspecified atom stereocenters. The number of ether oxygens (including phenoxy) is 2. The second kappa shape index (κ2) is 9.46. The molecule has 2 aromatic rings. The van der Waals surface area contributed by atoms with Crippen LogP contribution in [0.3, 0.4) is 0 Å². The fraction of sp³-hybridized carbons (Fsp3) is 0.478. The van der Waals surface area contributed by atoms with Gasteiger partial charge in [-0.15, -0.1) is 0 Å². The van der Waals surface area contributed by atoms with Crippen LogP contribution in [0.1, 0.15) is 42.1 Å². The van der Waals surface area contributed by atoms with Crippen LogP contribution in [0.5, 0.6) is 5.75 Å². The first-order valence-corrected chi connectivity index (χ1v) is 10.6. The number of aromatic nitrogens is 1. The number of amides is 1. The number of hydrogen-bond donors (Lipinski definition) is 1. The third kappa shape index (κ3) is 5.05. The molecule has 2 saturated heterocycles. The highest BCUT2D eigenvalue weighted by atomic mass is 19.4. The zero-order chi connectivity index (χ0) is 22.7. The number of nitrogens with zero attached hydrogens (tertiary/aromatic N) is 2. The number of halogens is 3. The van der Waals surface area contributed by atoms with Gasteiger partial charge in [0.15, 0.2) is 0 Å². The van der Waals surface area contributed by atoms with Gasteiger partial charge in [-0.05, 0) is 43.0 Å². The van der Waals surface area contributed by atoms with Crippen LogP contribution >= 0.6 is 0 Å². The van der Waals surface area contributed by atoms with Crippen LogP contribution in [0, 0.1) is 0 Å². The Morgan fingerprint density at radius 1 is 1.22 bits per heavy atom. The van der Waals surface area contributed by atoms with E-state index in [9.17, 15) is 23.1 Å². The lowest BCUT2D eigenvalue weighted by atomic mass is 9.92. The van der Waals surface area contributed by atoms with Crippen molar-refractivity contribution in [3.63, 3.8) is 0 Å². The molecule has 1 aromatic heterocycles. The Morgan fingerprint density at radius 3 is 2.62 bits per heavy atom. The summed E-state index contributed by atoms with van der Waals surface area (Å²) in [5.74, 6) is 0.286. The van der Waals surface area contributed by atoms with Crippen molar-refractivity contribution in [2.24, 2.45) is 0 Å². The summed E-state index contributed by atoms with van der Waals surface area (Å²) in [4.78, 5) is 18.8. The SMILES string of the molecule is O=C(Cc1ccc(C(F)(F)F)cc1)N1CCCC[C@@H]1C(O)c1cnccc1OC1COC1. The van der Waals surface area contributed by atoms with Crippen molar-refractivity contribution >= 4 is 5.91 Å². The summed E-state index contributed by atoms with van der Waals surface area (Å²) in [6, 6.07) is 5.83. The van der Waals surface area contributed by atoms with E-state index < -0.39 is 23.9 Å². The Labute approximate surface area is 184 Å². The number of aliphatic hydroxyl groups excluding tert-OH is 1. The van der Waals surface area contributed by atoms with Crippen LogP contribution in [0.15, 0.2) is 42.7 Å². The molecule has 172 valence electrons. The largest absolute Gasteiger partial charge is 0.485 e. The lowest BCUT2D eigenvalue weighted by molar-refractivity contribution is -0.138. The van der Waals surface area contributed by atoms with Gasteiger partial charge in [-0.2, -0.15) is 13.2 Å². The van der Waals surface area contributed by atoms with Crippen molar-refractivity contribution in [1.29, 1.82) is 0 Å². The minimum atomic E-state index is -4.42. The molecule has 6 nitrogen and oxygen atoms in total. The summed E-state index contributed by atoms with van der Waals surface area (Å²) < 4.78 is 49.4. The molecule has 2 atom stereocenters. The van der Waals surface area contributed by atoms with Crippen molar-refractivity contribution in [3.8, 4) is 5.75 Å². The Kier molecular flexibility index (Phi) is 6.66. The van der Waals surface area contributed by atoms with Crippen LogP contribution in [-0.2, 0) is 22.1 Å². The first kappa shape index (κ1) is 22.5. The molecule has 3 heterocycles. The molecule has 4 rings (SSSR count). The van der Waals surface area contributed by atoms with Gasteiger partial charge in [0.1, 0.15) is 18.0 Å². The number of hydrogen-bond acceptors (Lipinski definition) is 5. The number of pyridine rings is 1. The van der Waals surface area contributed by atoms with E-state index in [2.05, 4.69) is 4.98 Å². The van der Waals surface area contributed by atoms with Gasteiger partial charge < -0.3 is 19.5 Å². The normalized spacial score (nSPS) is 20.5. The molecule has 2 aliphatic rings. The number of carbonyl (C=O) groups is 1. The van der Waals surface area contributed by atoms with E-state index in [0.29, 0.717) is 43.1 Å². The summed E-state index contributed by atoms with van der Waals surface area (Å²) >= 11 is 0. The van der Waals surface area contributed by atoms with Crippen molar-refractivity contribution < 1.29 is 32.5 Å². The summed E-state index contributed by atoms with van der Waals surface area (Å²) in [5.41, 5.74) is 0.261. The molecule has 1 amide bonds. The first-order valence-electron chi connectivity index (χ1n) is 10.6. The number of aliphatic hydroxyl groups is 1. The number of rotatable bonds is 6. The van der Waals surface area contributed by atoms with Crippen molar-refractivity contribution in [2.75, 3.05) is 19.8 Å². The highest BCUT2D eigenvalue weighted by Gasteiger charge is 2.35. The first-order chi connectivity index (χ1) is 15.3. The van der Waals surface area contributed by atoms with Crippen molar-refractivity contribution in [2.45, 2.75) is 50.1 Å². The quantitative estimate of drug-likeness (QED) is 0.729. The zero-order valence-corrected chi connectivity index (χ0v) is 17.4. The summed E-state index contributed by atoms with van der Waals surface area (Å²) in [6.45, 7) is 1.45. The van der Waals surface area contributed by atoms with Gasteiger partial charge in [-0.25, -0.2) is 0 Å². The Morgan fingerprint density at radius 2 is 1.97 bits per heavy atom. The minimum absolute atomic E-state index is 0.0306. The highest BCUT2D eigenvalue weighted by Crippen LogP contribution is 2.34. The maximum Gasteiger partial charge on any atom is 0.416 e. The molecule has 32 heavy (non-hydrogen) atoms. The Bertz CT molecular complexity index is 932. The third-order valence-corrected chi connectivity index (χ3v) is 5.90. The number of benzene rings is 1. The average Bonchev–Trinajstić information content (AvgIpc) is 2.76. The van der Waals surface area contributed by atoms with Gasteiger partial charge in [0.05, 0.1) is 31.2 Å². The Hall–Kier alpha value is -2.65. The Balaban J connectivity index is 1.48. The maximum absolute atomic E-state index is 13.0. The predicted octanol–water partition coefficient (Wildman–Crippen LogP) is 3.54. The topological polar surface area (TPSA) is 71.9 Å². The van der Waals surface area contributed by atoms with E-state index in [4.69, 9.17) is 9.47 Å². The highest BCUT2D eigenvalue weighted by molar-refractivity contribution is 5.79. The predicted molar refractivity (Wildman–Crippen MR) is 109 cm³/mol. The zero-order valence-electron chi connectivity index (χ0n) is 17.4. The van der Waals surface area contributed by atoms with Crippen molar-refractivity contribution in [3.05, 3.63) is 59.4 Å². The fourth-order valence-electron chi connectivity index (χ4n) is 4.08. The lowest BCUT2D eigenvalue weighted by Gasteiger charge is -2.39. The number of piperidine rings is 1. The molecule has 1 N–H and O–H groups in total. The molecule has 0 aliphatic carbocycles. The van der Waals surface area contributed by atoms with E-state index in [1.807, 2.05) is 0 Å². The smallest absolute Gasteiger partial charge is 0.416 e. The molecule has 0 radical (unpaired) electrons. The molecule has 0 bridgehead atoms. The van der Waals surface area contributed by atoms with E-state index in [1.165, 1.54) is 12.1 Å². The number of carbonyl (C=O) groups excluding carboxylic acids is 1. The van der Waals surface area contributed by atoms with Crippen LogP contribution in [0.25, 0.3) is 0 Å². The van der Waals surface area contributed by atoms with Gasteiger partial charge in [-0.1, -0.05) is 12.1 Å². The molecular formula is C23H25F3N2O4. The van der Waals surface area contributed by atoms with E-state index in [0.717, 1.165) is 25.0 Å². The maximum atomic E-state index is 13.0. The molecule has 9 heteroatoms. The summed E-state index contributed by atoms with van der Waals surface area (Å²) in [7, 11) is 0. The molecule has 0 spiro atoms. The van der Waals surface area contributed by atoms with Gasteiger partial charge >= 0.3 is 6.18 Å². The van der Waals surface area contributed by atoms with Crippen LogP contribution in [0.2, 0.25) is 0 Å². The second-order valence-electron chi connectivity index (χ2n) is 8.16.